The van der Waals surface area contributed by atoms with Gasteiger partial charge in [0.25, 0.3) is 0 Å². The molecular formula is C13H16FN. The lowest BCUT2D eigenvalue weighted by atomic mass is 9.88. The van der Waals surface area contributed by atoms with E-state index >= 15 is 0 Å². The van der Waals surface area contributed by atoms with Crippen LogP contribution in [-0.4, -0.2) is 0 Å². The minimum absolute atomic E-state index is 0.0874. The summed E-state index contributed by atoms with van der Waals surface area (Å²) in [5.41, 5.74) is 9.01. The van der Waals surface area contributed by atoms with Crippen LogP contribution in [0.3, 0.4) is 0 Å². The maximum Gasteiger partial charge on any atom is 0.128 e. The molecule has 0 unspecified atom stereocenters. The number of hydrogen-bond acceptors (Lipinski definition) is 1. The molecule has 2 aliphatic carbocycles. The van der Waals surface area contributed by atoms with E-state index < -0.39 is 0 Å². The van der Waals surface area contributed by atoms with E-state index in [4.69, 9.17) is 5.73 Å². The summed E-state index contributed by atoms with van der Waals surface area (Å²) in [6.45, 7) is 0. The Morgan fingerprint density at radius 1 is 1.07 bits per heavy atom. The molecule has 1 aromatic carbocycles. The summed E-state index contributed by atoms with van der Waals surface area (Å²) in [4.78, 5) is 0. The van der Waals surface area contributed by atoms with Crippen LogP contribution < -0.4 is 5.73 Å². The van der Waals surface area contributed by atoms with E-state index in [1.54, 1.807) is 6.07 Å². The van der Waals surface area contributed by atoms with E-state index in [1.165, 1.54) is 24.0 Å². The van der Waals surface area contributed by atoms with Crippen molar-refractivity contribution in [2.45, 2.75) is 44.1 Å². The van der Waals surface area contributed by atoms with Crippen molar-refractivity contribution in [1.82, 2.24) is 0 Å². The fraction of sp³-hybridized carbons (Fsp3) is 0.538. The molecule has 0 atom stereocenters. The van der Waals surface area contributed by atoms with Crippen molar-refractivity contribution in [2.24, 2.45) is 5.73 Å². The van der Waals surface area contributed by atoms with Crippen LogP contribution in [0.5, 0.6) is 0 Å². The van der Waals surface area contributed by atoms with E-state index in [2.05, 4.69) is 0 Å². The summed E-state index contributed by atoms with van der Waals surface area (Å²) in [5, 5.41) is 0. The van der Waals surface area contributed by atoms with Crippen LogP contribution in [0.25, 0.3) is 0 Å². The van der Waals surface area contributed by atoms with Gasteiger partial charge in [-0.25, -0.2) is 4.39 Å². The predicted molar refractivity (Wildman–Crippen MR) is 58.1 cm³/mol. The average Bonchev–Trinajstić information content (AvgIpc) is 2.96. The molecule has 3 rings (SSSR count). The van der Waals surface area contributed by atoms with Crippen LogP contribution >= 0.6 is 0 Å². The third kappa shape index (κ3) is 1.48. The first-order valence-corrected chi connectivity index (χ1v) is 5.80. The van der Waals surface area contributed by atoms with Crippen molar-refractivity contribution in [1.29, 1.82) is 0 Å². The van der Waals surface area contributed by atoms with Crippen molar-refractivity contribution in [3.8, 4) is 0 Å². The Labute approximate surface area is 89.5 Å². The quantitative estimate of drug-likeness (QED) is 0.749. The van der Waals surface area contributed by atoms with Crippen molar-refractivity contribution in [3.63, 3.8) is 0 Å². The molecule has 0 heterocycles. The van der Waals surface area contributed by atoms with Gasteiger partial charge in [0, 0.05) is 11.1 Å². The van der Waals surface area contributed by atoms with Gasteiger partial charge in [-0.1, -0.05) is 6.07 Å². The van der Waals surface area contributed by atoms with Gasteiger partial charge in [-0.05, 0) is 55.7 Å². The molecule has 1 aromatic rings. The second-order valence-electron chi connectivity index (χ2n) is 4.96. The highest BCUT2D eigenvalue weighted by molar-refractivity contribution is 5.40. The number of hydrogen-bond donors (Lipinski definition) is 1. The Balaban J connectivity index is 2.08. The van der Waals surface area contributed by atoms with Crippen LogP contribution in [0, 0.1) is 5.82 Å². The van der Waals surface area contributed by atoms with Gasteiger partial charge >= 0.3 is 0 Å². The van der Waals surface area contributed by atoms with Crippen molar-refractivity contribution in [2.75, 3.05) is 0 Å². The van der Waals surface area contributed by atoms with Gasteiger partial charge in [0.05, 0.1) is 0 Å². The first-order valence-electron chi connectivity index (χ1n) is 5.80. The molecule has 1 saturated carbocycles. The molecule has 15 heavy (non-hydrogen) atoms. The fourth-order valence-corrected chi connectivity index (χ4v) is 2.54. The second-order valence-corrected chi connectivity index (χ2v) is 4.96. The largest absolute Gasteiger partial charge is 0.321 e. The molecule has 0 aromatic heterocycles. The lowest BCUT2D eigenvalue weighted by Crippen LogP contribution is -2.21. The highest BCUT2D eigenvalue weighted by Crippen LogP contribution is 2.44. The van der Waals surface area contributed by atoms with E-state index in [9.17, 15) is 4.39 Å². The summed E-state index contributed by atoms with van der Waals surface area (Å²) in [5.74, 6) is -0.0874. The van der Waals surface area contributed by atoms with Crippen LogP contribution in [-0.2, 0) is 18.4 Å². The maximum absolute atomic E-state index is 13.8. The van der Waals surface area contributed by atoms with Crippen molar-refractivity contribution >= 4 is 0 Å². The predicted octanol–water partition coefficient (Wildman–Crippen LogP) is 2.65. The van der Waals surface area contributed by atoms with E-state index in [-0.39, 0.29) is 11.4 Å². The Morgan fingerprint density at radius 3 is 2.27 bits per heavy atom. The zero-order valence-corrected chi connectivity index (χ0v) is 8.85. The van der Waals surface area contributed by atoms with Crippen molar-refractivity contribution in [3.05, 3.63) is 34.6 Å². The van der Waals surface area contributed by atoms with E-state index in [1.807, 2.05) is 6.07 Å². The fourth-order valence-electron chi connectivity index (χ4n) is 2.54. The Hall–Kier alpha value is -0.890. The summed E-state index contributed by atoms with van der Waals surface area (Å²) in [6.07, 6.45) is 6.42. The lowest BCUT2D eigenvalue weighted by molar-refractivity contribution is 0.568. The normalized spacial score (nSPS) is 22.3. The zero-order valence-electron chi connectivity index (χ0n) is 8.85. The summed E-state index contributed by atoms with van der Waals surface area (Å²) in [6, 6.07) is 3.74. The molecule has 0 bridgehead atoms. The molecule has 80 valence electrons. The third-order valence-corrected chi connectivity index (χ3v) is 3.76. The lowest BCUT2D eigenvalue weighted by Gasteiger charge is -2.19. The van der Waals surface area contributed by atoms with Gasteiger partial charge in [0.2, 0.25) is 0 Å². The smallest absolute Gasteiger partial charge is 0.128 e. The molecule has 2 heteroatoms. The van der Waals surface area contributed by atoms with Crippen LogP contribution in [0.2, 0.25) is 0 Å². The second kappa shape index (κ2) is 3.05. The monoisotopic (exact) mass is 205 g/mol. The standard InChI is InChI=1S/C13H16FN/c14-12-8-10-4-2-1-3-9(10)7-11(12)13(15)5-6-13/h7-8H,1-6,15H2. The number of fused-ring (bicyclic) bond motifs is 1. The first-order chi connectivity index (χ1) is 7.19. The molecule has 0 radical (unpaired) electrons. The van der Waals surface area contributed by atoms with Crippen LogP contribution in [0.15, 0.2) is 12.1 Å². The van der Waals surface area contributed by atoms with Crippen LogP contribution in [0.1, 0.15) is 42.4 Å². The van der Waals surface area contributed by atoms with Gasteiger partial charge < -0.3 is 5.73 Å². The summed E-state index contributed by atoms with van der Waals surface area (Å²) >= 11 is 0. The number of rotatable bonds is 1. The SMILES string of the molecule is NC1(c2cc3c(cc2F)CCCC3)CC1. The first kappa shape index (κ1) is 9.34. The Morgan fingerprint density at radius 2 is 1.67 bits per heavy atom. The van der Waals surface area contributed by atoms with Gasteiger partial charge in [-0.15, -0.1) is 0 Å². The molecule has 0 amide bonds. The molecule has 2 aliphatic rings. The zero-order chi connectivity index (χ0) is 10.5. The van der Waals surface area contributed by atoms with Gasteiger partial charge in [0.15, 0.2) is 0 Å². The molecule has 2 N–H and O–H groups in total. The summed E-state index contributed by atoms with van der Waals surface area (Å²) < 4.78 is 13.8. The highest BCUT2D eigenvalue weighted by Gasteiger charge is 2.42. The highest BCUT2D eigenvalue weighted by atomic mass is 19.1. The number of benzene rings is 1. The molecule has 0 aliphatic heterocycles. The minimum atomic E-state index is -0.337. The molecule has 0 spiro atoms. The van der Waals surface area contributed by atoms with E-state index in [0.717, 1.165) is 31.2 Å². The van der Waals surface area contributed by atoms with Gasteiger partial charge in [0.1, 0.15) is 5.82 Å². The Kier molecular flexibility index (Phi) is 1.90. The Bertz CT molecular complexity index is 407. The average molecular weight is 205 g/mol. The molecular weight excluding hydrogens is 189 g/mol. The number of aryl methyl sites for hydroxylation is 2. The number of nitrogens with two attached hydrogens (primary N) is 1. The molecule has 0 saturated heterocycles. The molecule has 1 fully saturated rings. The third-order valence-electron chi connectivity index (χ3n) is 3.76. The van der Waals surface area contributed by atoms with E-state index in [0.29, 0.717) is 0 Å². The van der Waals surface area contributed by atoms with Crippen molar-refractivity contribution < 1.29 is 4.39 Å². The minimum Gasteiger partial charge on any atom is -0.321 e. The topological polar surface area (TPSA) is 26.0 Å². The summed E-state index contributed by atoms with van der Waals surface area (Å²) in [7, 11) is 0. The number of halogens is 1. The van der Waals surface area contributed by atoms with Gasteiger partial charge in [-0.2, -0.15) is 0 Å². The molecule has 1 nitrogen and oxygen atoms in total. The van der Waals surface area contributed by atoms with Gasteiger partial charge in [-0.3, -0.25) is 0 Å². The van der Waals surface area contributed by atoms with Crippen LogP contribution in [0.4, 0.5) is 4.39 Å². The maximum atomic E-state index is 13.8.